The molecule has 0 heterocycles. The second-order valence-electron chi connectivity index (χ2n) is 6.20. The van der Waals surface area contributed by atoms with Crippen LogP contribution in [0.1, 0.15) is 52.9 Å². The summed E-state index contributed by atoms with van der Waals surface area (Å²) >= 11 is 0. The van der Waals surface area contributed by atoms with Crippen LogP contribution in [0.15, 0.2) is 0 Å². The van der Waals surface area contributed by atoms with Crippen molar-refractivity contribution in [2.45, 2.75) is 65.1 Å². The van der Waals surface area contributed by atoms with Gasteiger partial charge < -0.3 is 15.2 Å². The van der Waals surface area contributed by atoms with Crippen LogP contribution in [0.5, 0.6) is 0 Å². The highest BCUT2D eigenvalue weighted by Crippen LogP contribution is 2.25. The Bertz CT molecular complexity index is 268. The van der Waals surface area contributed by atoms with E-state index in [2.05, 4.69) is 12.2 Å². The second kappa shape index (κ2) is 8.54. The lowest BCUT2D eigenvalue weighted by atomic mass is 9.89. The highest BCUT2D eigenvalue weighted by molar-refractivity contribution is 5.77. The molecule has 0 aromatic rings. The maximum atomic E-state index is 11.7. The van der Waals surface area contributed by atoms with Crippen molar-refractivity contribution in [2.75, 3.05) is 13.2 Å². The number of aliphatic hydroxyl groups excluding tert-OH is 1. The minimum Gasteiger partial charge on any atom is -0.393 e. The fraction of sp³-hybridized carbons (Fsp3) is 0.933. The first kappa shape index (κ1) is 16.4. The summed E-state index contributed by atoms with van der Waals surface area (Å²) in [5.41, 5.74) is 0. The largest absolute Gasteiger partial charge is 0.393 e. The van der Waals surface area contributed by atoms with Crippen LogP contribution in [0, 0.1) is 11.8 Å². The molecule has 4 unspecified atom stereocenters. The molecule has 0 saturated heterocycles. The number of rotatable bonds is 7. The molecule has 1 rings (SSSR count). The van der Waals surface area contributed by atoms with Gasteiger partial charge in [-0.2, -0.15) is 0 Å². The van der Waals surface area contributed by atoms with Gasteiger partial charge in [0, 0.05) is 6.54 Å². The smallest absolute Gasteiger partial charge is 0.246 e. The first-order valence-electron chi connectivity index (χ1n) is 7.53. The van der Waals surface area contributed by atoms with Gasteiger partial charge in [-0.15, -0.1) is 0 Å². The molecule has 0 radical (unpaired) electrons. The summed E-state index contributed by atoms with van der Waals surface area (Å²) in [6.45, 7) is 6.81. The second-order valence-corrected chi connectivity index (χ2v) is 6.20. The summed E-state index contributed by atoms with van der Waals surface area (Å²) in [6, 6.07) is 0. The number of nitrogens with one attached hydrogen (secondary N) is 1. The number of aliphatic hydroxyl groups is 1. The third kappa shape index (κ3) is 7.53. The highest BCUT2D eigenvalue weighted by Gasteiger charge is 2.20. The summed E-state index contributed by atoms with van der Waals surface area (Å²) < 4.78 is 5.67. The van der Waals surface area contributed by atoms with E-state index >= 15 is 0 Å². The van der Waals surface area contributed by atoms with Crippen LogP contribution in [0.25, 0.3) is 0 Å². The summed E-state index contributed by atoms with van der Waals surface area (Å²) in [4.78, 5) is 11.7. The molecule has 1 saturated carbocycles. The Morgan fingerprint density at radius 1 is 1.42 bits per heavy atom. The number of carbonyl (C=O) groups is 1. The van der Waals surface area contributed by atoms with Crippen LogP contribution < -0.4 is 5.32 Å². The Kier molecular flexibility index (Phi) is 7.39. The van der Waals surface area contributed by atoms with Crippen molar-refractivity contribution in [3.05, 3.63) is 0 Å². The van der Waals surface area contributed by atoms with E-state index in [4.69, 9.17) is 4.74 Å². The van der Waals surface area contributed by atoms with Crippen molar-refractivity contribution in [1.82, 2.24) is 5.32 Å². The topological polar surface area (TPSA) is 58.6 Å². The van der Waals surface area contributed by atoms with Crippen LogP contribution >= 0.6 is 0 Å². The summed E-state index contributed by atoms with van der Waals surface area (Å²) in [5, 5.41) is 12.1. The van der Waals surface area contributed by atoms with Gasteiger partial charge in [-0.1, -0.05) is 26.7 Å². The molecular weight excluding hydrogens is 242 g/mol. The summed E-state index contributed by atoms with van der Waals surface area (Å²) in [5.74, 6) is 0.960. The number of ether oxygens (including phenoxy) is 1. The Morgan fingerprint density at radius 3 is 2.79 bits per heavy atom. The zero-order valence-electron chi connectivity index (χ0n) is 12.5. The van der Waals surface area contributed by atoms with Crippen LogP contribution in [0.2, 0.25) is 0 Å². The molecule has 1 aliphatic carbocycles. The first-order chi connectivity index (χ1) is 8.97. The van der Waals surface area contributed by atoms with Gasteiger partial charge in [0.25, 0.3) is 0 Å². The SMILES string of the molecule is CC(O)CC(C)CNC(=O)COC1CCCC(C)C1. The Morgan fingerprint density at radius 2 is 2.16 bits per heavy atom. The van der Waals surface area contributed by atoms with Crippen molar-refractivity contribution in [3.63, 3.8) is 0 Å². The third-order valence-electron chi connectivity index (χ3n) is 3.73. The highest BCUT2D eigenvalue weighted by atomic mass is 16.5. The van der Waals surface area contributed by atoms with Gasteiger partial charge in [0.2, 0.25) is 5.91 Å². The molecule has 0 bridgehead atoms. The lowest BCUT2D eigenvalue weighted by molar-refractivity contribution is -0.128. The van der Waals surface area contributed by atoms with E-state index < -0.39 is 0 Å². The molecule has 19 heavy (non-hydrogen) atoms. The number of carbonyl (C=O) groups excluding carboxylic acids is 1. The molecule has 0 aliphatic heterocycles. The molecule has 4 heteroatoms. The molecule has 4 atom stereocenters. The van der Waals surface area contributed by atoms with Crippen molar-refractivity contribution in [1.29, 1.82) is 0 Å². The molecule has 1 fully saturated rings. The average molecular weight is 271 g/mol. The van der Waals surface area contributed by atoms with Crippen molar-refractivity contribution in [3.8, 4) is 0 Å². The van der Waals surface area contributed by atoms with E-state index in [1.165, 1.54) is 12.8 Å². The molecular formula is C15H29NO3. The predicted octanol–water partition coefficient (Wildman–Crippen LogP) is 2.10. The number of amides is 1. The lowest BCUT2D eigenvalue weighted by Crippen LogP contribution is -2.34. The average Bonchev–Trinajstić information content (AvgIpc) is 2.33. The van der Waals surface area contributed by atoms with Crippen molar-refractivity contribution in [2.24, 2.45) is 11.8 Å². The molecule has 1 amide bonds. The van der Waals surface area contributed by atoms with E-state index in [1.54, 1.807) is 6.92 Å². The van der Waals surface area contributed by atoms with Gasteiger partial charge in [0.05, 0.1) is 12.2 Å². The minimum absolute atomic E-state index is 0.0457. The monoisotopic (exact) mass is 271 g/mol. The molecule has 0 spiro atoms. The normalized spacial score (nSPS) is 26.7. The van der Waals surface area contributed by atoms with E-state index in [0.717, 1.165) is 12.8 Å². The first-order valence-corrected chi connectivity index (χ1v) is 7.53. The number of hydrogen-bond acceptors (Lipinski definition) is 3. The fourth-order valence-corrected chi connectivity index (χ4v) is 2.73. The van der Waals surface area contributed by atoms with Gasteiger partial charge >= 0.3 is 0 Å². The van der Waals surface area contributed by atoms with Crippen LogP contribution in [-0.4, -0.2) is 36.4 Å². The summed E-state index contributed by atoms with van der Waals surface area (Å²) in [7, 11) is 0. The Hall–Kier alpha value is -0.610. The molecule has 1 aliphatic rings. The maximum Gasteiger partial charge on any atom is 0.246 e. The van der Waals surface area contributed by atoms with Gasteiger partial charge in [-0.3, -0.25) is 4.79 Å². The van der Waals surface area contributed by atoms with Crippen LogP contribution in [0.3, 0.4) is 0 Å². The van der Waals surface area contributed by atoms with E-state index in [1.807, 2.05) is 6.92 Å². The van der Waals surface area contributed by atoms with Gasteiger partial charge in [-0.25, -0.2) is 0 Å². The number of hydrogen-bond donors (Lipinski definition) is 2. The van der Waals surface area contributed by atoms with Crippen molar-refractivity contribution >= 4 is 5.91 Å². The van der Waals surface area contributed by atoms with E-state index in [9.17, 15) is 9.90 Å². The maximum absolute atomic E-state index is 11.7. The fourth-order valence-electron chi connectivity index (χ4n) is 2.73. The van der Waals surface area contributed by atoms with Gasteiger partial charge in [-0.05, 0) is 38.0 Å². The Labute approximate surface area is 116 Å². The van der Waals surface area contributed by atoms with Crippen LogP contribution in [-0.2, 0) is 9.53 Å². The van der Waals surface area contributed by atoms with Gasteiger partial charge in [0.1, 0.15) is 6.61 Å². The quantitative estimate of drug-likeness (QED) is 0.745. The molecule has 0 aromatic carbocycles. The van der Waals surface area contributed by atoms with E-state index in [-0.39, 0.29) is 24.7 Å². The predicted molar refractivity (Wildman–Crippen MR) is 75.8 cm³/mol. The standard InChI is InChI=1S/C15H29NO3/c1-11-5-4-6-14(8-11)19-10-15(18)16-9-12(2)7-13(3)17/h11-14,17H,4-10H2,1-3H3,(H,16,18). The van der Waals surface area contributed by atoms with Crippen LogP contribution in [0.4, 0.5) is 0 Å². The zero-order valence-corrected chi connectivity index (χ0v) is 12.5. The summed E-state index contributed by atoms with van der Waals surface area (Å²) in [6.07, 6.45) is 5.29. The molecule has 2 N–H and O–H groups in total. The third-order valence-corrected chi connectivity index (χ3v) is 3.73. The molecule has 112 valence electrons. The van der Waals surface area contributed by atoms with Crippen molar-refractivity contribution < 1.29 is 14.6 Å². The minimum atomic E-state index is -0.313. The molecule has 4 nitrogen and oxygen atoms in total. The van der Waals surface area contributed by atoms with Gasteiger partial charge in [0.15, 0.2) is 0 Å². The molecule has 0 aromatic heterocycles. The lowest BCUT2D eigenvalue weighted by Gasteiger charge is -2.26. The Balaban J connectivity index is 2.10. The zero-order chi connectivity index (χ0) is 14.3. The van der Waals surface area contributed by atoms with E-state index in [0.29, 0.717) is 24.8 Å².